The second-order valence-electron chi connectivity index (χ2n) is 8.91. The largest absolute Gasteiger partial charge is 0.490 e. The molecule has 1 fully saturated rings. The Bertz CT molecular complexity index is 1320. The molecule has 0 atom stereocenters. The summed E-state index contributed by atoms with van der Waals surface area (Å²) in [5.74, 6) is -0.615. The van der Waals surface area contributed by atoms with Crippen LogP contribution in [0.25, 0.3) is 10.8 Å². The molecule has 0 aromatic heterocycles. The van der Waals surface area contributed by atoms with E-state index in [1.165, 1.54) is 4.90 Å². The Hall–Kier alpha value is -3.82. The Morgan fingerprint density at radius 2 is 1.66 bits per heavy atom. The van der Waals surface area contributed by atoms with Gasteiger partial charge in [-0.2, -0.15) is 0 Å². The number of fused-ring (bicyclic) bond motifs is 1. The predicted octanol–water partition coefficient (Wildman–Crippen LogP) is 3.83. The fourth-order valence-corrected chi connectivity index (χ4v) is 4.47. The van der Waals surface area contributed by atoms with E-state index in [2.05, 4.69) is 0 Å². The van der Waals surface area contributed by atoms with Crippen LogP contribution in [0.4, 0.5) is 5.69 Å². The number of benzene rings is 3. The van der Waals surface area contributed by atoms with Crippen molar-refractivity contribution in [2.45, 2.75) is 32.4 Å². The molecule has 1 heterocycles. The summed E-state index contributed by atoms with van der Waals surface area (Å²) < 4.78 is 6.10. The molecule has 0 spiro atoms. The van der Waals surface area contributed by atoms with Crippen LogP contribution < -0.4 is 21.1 Å². The molecule has 202 valence electrons. The fourth-order valence-electron chi connectivity index (χ4n) is 4.47. The summed E-state index contributed by atoms with van der Waals surface area (Å²) in [5, 5.41) is 17.2. The quantitative estimate of drug-likeness (QED) is 0.206. The van der Waals surface area contributed by atoms with Crippen molar-refractivity contribution in [3.63, 3.8) is 0 Å². The van der Waals surface area contributed by atoms with Gasteiger partial charge in [-0.05, 0) is 53.6 Å². The zero-order valence-electron chi connectivity index (χ0n) is 21.0. The maximum absolute atomic E-state index is 12.7. The summed E-state index contributed by atoms with van der Waals surface area (Å²) in [6, 6.07) is 18.2. The summed E-state index contributed by atoms with van der Waals surface area (Å²) in [6.07, 6.45) is 1.72. The number of carbonyl (C=O) groups is 2. The molecule has 1 aliphatic rings. The number of carbonyl (C=O) groups excluding carboxylic acids is 2. The first-order valence-corrected chi connectivity index (χ1v) is 11.8. The van der Waals surface area contributed by atoms with Crippen LogP contribution in [0.3, 0.4) is 0 Å². The first-order valence-electron chi connectivity index (χ1n) is 11.8. The number of amidine groups is 2. The minimum absolute atomic E-state index is 0. The molecular weight excluding hydrogens is 527 g/mol. The van der Waals surface area contributed by atoms with Gasteiger partial charge in [-0.25, -0.2) is 0 Å². The fraction of sp³-hybridized carbons (Fsp3) is 0.259. The molecule has 0 saturated carbocycles. The lowest BCUT2D eigenvalue weighted by Gasteiger charge is -2.32. The zero-order chi connectivity index (χ0) is 25.8. The topological polar surface area (TPSA) is 150 Å². The molecule has 11 heteroatoms. The van der Waals surface area contributed by atoms with Gasteiger partial charge in [0.05, 0.1) is 12.4 Å². The van der Waals surface area contributed by atoms with E-state index in [4.69, 9.17) is 27.0 Å². The molecular formula is C27H32Cl2N6O3. The molecule has 0 unspecified atom stereocenters. The van der Waals surface area contributed by atoms with Crippen molar-refractivity contribution in [3.05, 3.63) is 71.8 Å². The molecule has 6 N–H and O–H groups in total. The van der Waals surface area contributed by atoms with Crippen molar-refractivity contribution >= 4 is 64.8 Å². The lowest BCUT2D eigenvalue weighted by Crippen LogP contribution is -2.40. The number of likely N-dealkylation sites (tertiary alicyclic amines) is 1. The first-order chi connectivity index (χ1) is 17.2. The van der Waals surface area contributed by atoms with Crippen LogP contribution in [0.5, 0.6) is 5.75 Å². The normalized spacial score (nSPS) is 13.1. The SMILES string of the molecule is CC(=N)N1CCC(Oc2ccc(N(Cc3ccc4c(C(=N)N)cccc4c3)C(=O)C(N)=O)cc2)CC1.Cl.Cl. The van der Waals surface area contributed by atoms with Crippen molar-refractivity contribution in [3.8, 4) is 5.75 Å². The van der Waals surface area contributed by atoms with E-state index in [-0.39, 0.29) is 43.3 Å². The highest BCUT2D eigenvalue weighted by molar-refractivity contribution is 6.39. The van der Waals surface area contributed by atoms with E-state index in [0.717, 1.165) is 42.3 Å². The third kappa shape index (κ3) is 6.93. The van der Waals surface area contributed by atoms with Gasteiger partial charge in [0.25, 0.3) is 0 Å². The number of nitrogen functional groups attached to an aromatic ring is 1. The molecule has 38 heavy (non-hydrogen) atoms. The number of rotatable bonds is 6. The molecule has 4 rings (SSSR count). The second-order valence-corrected chi connectivity index (χ2v) is 8.91. The Morgan fingerprint density at radius 1 is 1.00 bits per heavy atom. The summed E-state index contributed by atoms with van der Waals surface area (Å²) in [6.45, 7) is 3.52. The van der Waals surface area contributed by atoms with E-state index < -0.39 is 11.8 Å². The third-order valence-corrected chi connectivity index (χ3v) is 6.40. The molecule has 1 saturated heterocycles. The van der Waals surface area contributed by atoms with Crippen molar-refractivity contribution < 1.29 is 14.3 Å². The molecule has 3 aromatic rings. The standard InChI is InChI=1S/C27H30N6O3.2ClH/c1-17(28)32-13-11-22(12-14-32)36-21-8-6-20(7-9-21)33(27(35)26(31)34)16-18-5-10-23-19(15-18)3-2-4-24(23)25(29)30;;/h2-10,15,22,28H,11-14,16H2,1H3,(H3,29,30)(H2,31,34);2*1H. The number of nitrogens with two attached hydrogens (primary N) is 2. The molecule has 1 aliphatic heterocycles. The molecule has 9 nitrogen and oxygen atoms in total. The monoisotopic (exact) mass is 558 g/mol. The van der Waals surface area contributed by atoms with Crippen molar-refractivity contribution in [2.75, 3.05) is 18.0 Å². The maximum Gasteiger partial charge on any atom is 0.316 e. The van der Waals surface area contributed by atoms with E-state index in [0.29, 0.717) is 22.8 Å². The number of hydrogen-bond donors (Lipinski definition) is 4. The van der Waals surface area contributed by atoms with Gasteiger partial charge in [0, 0.05) is 37.2 Å². The number of primary amides is 1. The number of anilines is 1. The molecule has 2 amide bonds. The Kier molecular flexibility index (Phi) is 10.5. The molecule has 0 bridgehead atoms. The third-order valence-electron chi connectivity index (χ3n) is 6.40. The van der Waals surface area contributed by atoms with E-state index >= 15 is 0 Å². The average Bonchev–Trinajstić information content (AvgIpc) is 2.87. The van der Waals surface area contributed by atoms with Gasteiger partial charge in [0.1, 0.15) is 17.7 Å². The van der Waals surface area contributed by atoms with Gasteiger partial charge < -0.3 is 21.1 Å². The van der Waals surface area contributed by atoms with Crippen LogP contribution in [0.2, 0.25) is 0 Å². The van der Waals surface area contributed by atoms with E-state index in [9.17, 15) is 9.59 Å². The number of nitrogens with one attached hydrogen (secondary N) is 2. The Balaban J connectivity index is 0.00000253. The number of piperidine rings is 1. The highest BCUT2D eigenvalue weighted by atomic mass is 35.5. The highest BCUT2D eigenvalue weighted by Crippen LogP contribution is 2.26. The van der Waals surface area contributed by atoms with Crippen molar-refractivity contribution in [2.24, 2.45) is 11.5 Å². The van der Waals surface area contributed by atoms with E-state index in [1.54, 1.807) is 37.3 Å². The smallest absolute Gasteiger partial charge is 0.316 e. The summed E-state index contributed by atoms with van der Waals surface area (Å²) in [7, 11) is 0. The number of hydrogen-bond acceptors (Lipinski definition) is 5. The molecule has 3 aromatic carbocycles. The molecule has 0 aliphatic carbocycles. The summed E-state index contributed by atoms with van der Waals surface area (Å²) in [4.78, 5) is 27.9. The average molecular weight is 559 g/mol. The van der Waals surface area contributed by atoms with Gasteiger partial charge >= 0.3 is 11.8 Å². The van der Waals surface area contributed by atoms with E-state index in [1.807, 2.05) is 35.2 Å². The van der Waals surface area contributed by atoms with Crippen LogP contribution in [0.15, 0.2) is 60.7 Å². The maximum atomic E-state index is 12.7. The minimum Gasteiger partial charge on any atom is -0.490 e. The number of nitrogens with zero attached hydrogens (tertiary/aromatic N) is 2. The highest BCUT2D eigenvalue weighted by Gasteiger charge is 2.23. The van der Waals surface area contributed by atoms with Gasteiger partial charge in [-0.1, -0.05) is 30.3 Å². The number of halogens is 2. The van der Waals surface area contributed by atoms with Crippen LogP contribution >= 0.6 is 24.8 Å². The predicted molar refractivity (Wildman–Crippen MR) is 155 cm³/mol. The van der Waals surface area contributed by atoms with Gasteiger partial charge in [0.2, 0.25) is 0 Å². The van der Waals surface area contributed by atoms with Gasteiger partial charge in [-0.3, -0.25) is 25.3 Å². The molecule has 0 radical (unpaired) electrons. The van der Waals surface area contributed by atoms with Crippen molar-refractivity contribution in [1.82, 2.24) is 4.90 Å². The second kappa shape index (κ2) is 13.1. The van der Waals surface area contributed by atoms with Crippen LogP contribution in [0.1, 0.15) is 30.9 Å². The number of ether oxygens (including phenoxy) is 1. The first kappa shape index (κ1) is 30.4. The number of amides is 2. The minimum atomic E-state index is -1.04. The summed E-state index contributed by atoms with van der Waals surface area (Å²) >= 11 is 0. The van der Waals surface area contributed by atoms with Gasteiger partial charge in [-0.15, -0.1) is 24.8 Å². The van der Waals surface area contributed by atoms with Crippen molar-refractivity contribution in [1.29, 1.82) is 10.8 Å². The lowest BCUT2D eigenvalue weighted by molar-refractivity contribution is -0.135. The lowest BCUT2D eigenvalue weighted by atomic mass is 10.0. The summed E-state index contributed by atoms with van der Waals surface area (Å²) in [5.41, 5.74) is 13.0. The van der Waals surface area contributed by atoms with Crippen LogP contribution in [-0.4, -0.2) is 47.6 Å². The van der Waals surface area contributed by atoms with Crippen LogP contribution in [-0.2, 0) is 16.1 Å². The zero-order valence-corrected chi connectivity index (χ0v) is 22.6. The Morgan fingerprint density at radius 3 is 2.24 bits per heavy atom. The Labute approximate surface area is 233 Å². The van der Waals surface area contributed by atoms with Gasteiger partial charge in [0.15, 0.2) is 0 Å². The van der Waals surface area contributed by atoms with Crippen LogP contribution in [0, 0.1) is 10.8 Å².